The molecule has 100 valence electrons. The van der Waals surface area contributed by atoms with Crippen molar-refractivity contribution < 1.29 is 4.52 Å². The highest BCUT2D eigenvalue weighted by atomic mass is 16.5. The topological polar surface area (TPSA) is 29.3 Å². The Labute approximate surface area is 117 Å². The van der Waals surface area contributed by atoms with Crippen LogP contribution in [0.3, 0.4) is 0 Å². The molecule has 0 saturated carbocycles. The lowest BCUT2D eigenvalue weighted by atomic mass is 9.85. The van der Waals surface area contributed by atoms with Crippen molar-refractivity contribution in [2.24, 2.45) is 0 Å². The Bertz CT molecular complexity index is 762. The van der Waals surface area contributed by atoms with Crippen LogP contribution in [0.5, 0.6) is 0 Å². The number of likely N-dealkylation sites (N-methyl/N-ethyl adjacent to an activating group) is 1. The first-order valence-corrected chi connectivity index (χ1v) is 6.92. The first-order chi connectivity index (χ1) is 9.81. The van der Waals surface area contributed by atoms with Crippen molar-refractivity contribution >= 4 is 11.0 Å². The van der Waals surface area contributed by atoms with E-state index in [9.17, 15) is 0 Å². The zero-order valence-electron chi connectivity index (χ0n) is 11.4. The summed E-state index contributed by atoms with van der Waals surface area (Å²) in [6, 6.07) is 15.1. The molecule has 0 amide bonds. The van der Waals surface area contributed by atoms with E-state index in [0.717, 1.165) is 24.1 Å². The highest BCUT2D eigenvalue weighted by molar-refractivity contribution is 5.76. The quantitative estimate of drug-likeness (QED) is 0.674. The van der Waals surface area contributed by atoms with Crippen LogP contribution < -0.4 is 0 Å². The average Bonchev–Trinajstić information content (AvgIpc) is 2.93. The van der Waals surface area contributed by atoms with Crippen molar-refractivity contribution in [2.75, 3.05) is 13.6 Å². The van der Waals surface area contributed by atoms with Gasteiger partial charge in [-0.05, 0) is 35.9 Å². The van der Waals surface area contributed by atoms with E-state index in [1.54, 1.807) is 6.20 Å². The van der Waals surface area contributed by atoms with Gasteiger partial charge < -0.3 is 9.42 Å². The summed E-state index contributed by atoms with van der Waals surface area (Å²) in [7, 11) is 2.18. The van der Waals surface area contributed by atoms with Gasteiger partial charge in [0.25, 0.3) is 0 Å². The molecule has 0 aliphatic carbocycles. The third kappa shape index (κ3) is 1.82. The standard InChI is InChI=1S/C17H16N2O/c1-19-10-14-4-2-3-5-15(14)16(11-19)12-6-7-13-9-18-20-17(13)8-12/h2-9,16H,10-11H2,1H3. The van der Waals surface area contributed by atoms with Gasteiger partial charge in [0.15, 0.2) is 5.58 Å². The van der Waals surface area contributed by atoms with E-state index in [-0.39, 0.29) is 0 Å². The van der Waals surface area contributed by atoms with Crippen molar-refractivity contribution in [3.8, 4) is 0 Å². The highest BCUT2D eigenvalue weighted by Crippen LogP contribution is 2.34. The molecule has 3 heteroatoms. The van der Waals surface area contributed by atoms with Crippen LogP contribution in [0.1, 0.15) is 22.6 Å². The Morgan fingerprint density at radius 1 is 1.20 bits per heavy atom. The van der Waals surface area contributed by atoms with Crippen LogP contribution >= 0.6 is 0 Å². The van der Waals surface area contributed by atoms with Gasteiger partial charge in [0.1, 0.15) is 0 Å². The van der Waals surface area contributed by atoms with Crippen LogP contribution in [0, 0.1) is 0 Å². The van der Waals surface area contributed by atoms with Crippen LogP contribution in [0.4, 0.5) is 0 Å². The van der Waals surface area contributed by atoms with Gasteiger partial charge in [-0.1, -0.05) is 35.5 Å². The summed E-state index contributed by atoms with van der Waals surface area (Å²) in [5.41, 5.74) is 5.02. The second kappa shape index (κ2) is 4.46. The first kappa shape index (κ1) is 11.7. The molecule has 0 fully saturated rings. The van der Waals surface area contributed by atoms with Crippen molar-refractivity contribution in [3.05, 3.63) is 65.4 Å². The van der Waals surface area contributed by atoms with Crippen LogP contribution in [0.25, 0.3) is 11.0 Å². The van der Waals surface area contributed by atoms with Gasteiger partial charge in [0.05, 0.1) is 6.20 Å². The smallest absolute Gasteiger partial charge is 0.167 e. The molecule has 1 atom stereocenters. The van der Waals surface area contributed by atoms with Crippen molar-refractivity contribution in [2.45, 2.75) is 12.5 Å². The molecule has 1 aliphatic heterocycles. The van der Waals surface area contributed by atoms with Gasteiger partial charge in [-0.15, -0.1) is 0 Å². The van der Waals surface area contributed by atoms with E-state index in [2.05, 4.69) is 59.6 Å². The fourth-order valence-electron chi connectivity index (χ4n) is 3.16. The zero-order valence-corrected chi connectivity index (χ0v) is 11.4. The average molecular weight is 264 g/mol. The molecular weight excluding hydrogens is 248 g/mol. The van der Waals surface area contributed by atoms with Gasteiger partial charge in [-0.25, -0.2) is 0 Å². The summed E-state index contributed by atoms with van der Waals surface area (Å²) >= 11 is 0. The SMILES string of the molecule is CN1Cc2ccccc2C(c2ccc3cnoc3c2)C1. The van der Waals surface area contributed by atoms with E-state index in [0.29, 0.717) is 5.92 Å². The minimum absolute atomic E-state index is 0.402. The molecular formula is C17H16N2O. The molecule has 3 aromatic rings. The van der Waals surface area contributed by atoms with Crippen LogP contribution in [-0.2, 0) is 6.54 Å². The minimum atomic E-state index is 0.402. The number of benzene rings is 2. The number of hydrogen-bond acceptors (Lipinski definition) is 3. The van der Waals surface area contributed by atoms with E-state index < -0.39 is 0 Å². The molecule has 0 N–H and O–H groups in total. The molecule has 0 bridgehead atoms. The number of hydrogen-bond donors (Lipinski definition) is 0. The monoisotopic (exact) mass is 264 g/mol. The molecule has 1 aliphatic rings. The summed E-state index contributed by atoms with van der Waals surface area (Å²) in [6.45, 7) is 2.06. The van der Waals surface area contributed by atoms with E-state index in [4.69, 9.17) is 4.52 Å². The lowest BCUT2D eigenvalue weighted by Gasteiger charge is -2.32. The zero-order chi connectivity index (χ0) is 13.5. The molecule has 20 heavy (non-hydrogen) atoms. The van der Waals surface area contributed by atoms with Crippen molar-refractivity contribution in [3.63, 3.8) is 0 Å². The van der Waals surface area contributed by atoms with Gasteiger partial charge in [0, 0.05) is 24.4 Å². The fraction of sp³-hybridized carbons (Fsp3) is 0.235. The fourth-order valence-corrected chi connectivity index (χ4v) is 3.16. The maximum absolute atomic E-state index is 5.30. The van der Waals surface area contributed by atoms with Gasteiger partial charge in [-0.2, -0.15) is 0 Å². The maximum atomic E-state index is 5.30. The van der Waals surface area contributed by atoms with Crippen LogP contribution in [0.2, 0.25) is 0 Å². The number of rotatable bonds is 1. The predicted molar refractivity (Wildman–Crippen MR) is 78.6 cm³/mol. The largest absolute Gasteiger partial charge is 0.356 e. The Morgan fingerprint density at radius 2 is 2.10 bits per heavy atom. The Hall–Kier alpha value is -2.13. The first-order valence-electron chi connectivity index (χ1n) is 6.92. The van der Waals surface area contributed by atoms with Crippen LogP contribution in [0.15, 0.2) is 53.2 Å². The Morgan fingerprint density at radius 3 is 3.05 bits per heavy atom. The van der Waals surface area contributed by atoms with Gasteiger partial charge in [-0.3, -0.25) is 0 Å². The third-order valence-corrected chi connectivity index (χ3v) is 4.15. The predicted octanol–water partition coefficient (Wildman–Crippen LogP) is 3.41. The van der Waals surface area contributed by atoms with Crippen molar-refractivity contribution in [1.29, 1.82) is 0 Å². The normalized spacial score (nSPS) is 19.1. The molecule has 0 spiro atoms. The molecule has 1 unspecified atom stereocenters. The summed E-state index contributed by atoms with van der Waals surface area (Å²) in [4.78, 5) is 2.37. The lowest BCUT2D eigenvalue weighted by Crippen LogP contribution is -2.30. The maximum Gasteiger partial charge on any atom is 0.167 e. The Balaban J connectivity index is 1.84. The molecule has 0 radical (unpaired) electrons. The Kier molecular flexibility index (Phi) is 2.60. The minimum Gasteiger partial charge on any atom is -0.356 e. The molecule has 2 heterocycles. The summed E-state index contributed by atoms with van der Waals surface area (Å²) in [5.74, 6) is 0.402. The number of nitrogens with zero attached hydrogens (tertiary/aromatic N) is 2. The molecule has 1 aromatic heterocycles. The second-order valence-corrected chi connectivity index (χ2v) is 5.57. The van der Waals surface area contributed by atoms with Gasteiger partial charge in [0.2, 0.25) is 0 Å². The number of aromatic nitrogens is 1. The van der Waals surface area contributed by atoms with E-state index >= 15 is 0 Å². The number of fused-ring (bicyclic) bond motifs is 2. The molecule has 2 aromatic carbocycles. The van der Waals surface area contributed by atoms with E-state index in [1.165, 1.54) is 16.7 Å². The van der Waals surface area contributed by atoms with Crippen molar-refractivity contribution in [1.82, 2.24) is 10.1 Å². The van der Waals surface area contributed by atoms with Crippen LogP contribution in [-0.4, -0.2) is 23.6 Å². The van der Waals surface area contributed by atoms with E-state index in [1.807, 2.05) is 0 Å². The van der Waals surface area contributed by atoms with Gasteiger partial charge >= 0.3 is 0 Å². The highest BCUT2D eigenvalue weighted by Gasteiger charge is 2.24. The molecule has 3 nitrogen and oxygen atoms in total. The third-order valence-electron chi connectivity index (χ3n) is 4.15. The lowest BCUT2D eigenvalue weighted by molar-refractivity contribution is 0.295. The summed E-state index contributed by atoms with van der Waals surface area (Å²) < 4.78 is 5.30. The molecule has 4 rings (SSSR count). The molecule has 0 saturated heterocycles. The second-order valence-electron chi connectivity index (χ2n) is 5.57. The summed E-state index contributed by atoms with van der Waals surface area (Å²) in [6.07, 6.45) is 1.76. The summed E-state index contributed by atoms with van der Waals surface area (Å²) in [5, 5.41) is 4.92.